The second kappa shape index (κ2) is 6.60. The number of carbonyl (C=O) groups is 1. The first kappa shape index (κ1) is 14.6. The average Bonchev–Trinajstić information content (AvgIpc) is 2.40. The number of hydrogen-bond donors (Lipinski definition) is 2. The number of hydrogen-bond acceptors (Lipinski definition) is 2. The standard InChI is InChI=1S/C14H18Cl2N2O/c15-12-6-1-9(7-13(12)16)8-18-11-4-2-10(3-5-11)14(17)19/h1,6-7,10-11,18H,2-5,8H2,(H2,17,19). The number of nitrogens with two attached hydrogens (primary N) is 1. The normalized spacial score (nSPS) is 23.3. The fourth-order valence-electron chi connectivity index (χ4n) is 2.49. The molecule has 0 radical (unpaired) electrons. The Morgan fingerprint density at radius 2 is 1.89 bits per heavy atom. The first-order valence-corrected chi connectivity index (χ1v) is 7.28. The highest BCUT2D eigenvalue weighted by atomic mass is 35.5. The molecule has 1 fully saturated rings. The Morgan fingerprint density at radius 3 is 2.47 bits per heavy atom. The maximum absolute atomic E-state index is 11.1. The van der Waals surface area contributed by atoms with E-state index in [0.29, 0.717) is 16.1 Å². The number of amides is 1. The van der Waals surface area contributed by atoms with E-state index in [1.54, 1.807) is 0 Å². The first-order valence-electron chi connectivity index (χ1n) is 6.53. The van der Waals surface area contributed by atoms with Gasteiger partial charge in [-0.15, -0.1) is 0 Å². The molecule has 104 valence electrons. The van der Waals surface area contributed by atoms with Crippen LogP contribution in [0.2, 0.25) is 10.0 Å². The molecule has 0 aromatic heterocycles. The van der Waals surface area contributed by atoms with Gasteiger partial charge in [-0.2, -0.15) is 0 Å². The first-order chi connectivity index (χ1) is 9.06. The van der Waals surface area contributed by atoms with Crippen LogP contribution in [0.1, 0.15) is 31.2 Å². The molecule has 3 nitrogen and oxygen atoms in total. The van der Waals surface area contributed by atoms with Crippen LogP contribution in [0.5, 0.6) is 0 Å². The van der Waals surface area contributed by atoms with Crippen LogP contribution in [-0.2, 0) is 11.3 Å². The summed E-state index contributed by atoms with van der Waals surface area (Å²) in [4.78, 5) is 11.1. The lowest BCUT2D eigenvalue weighted by Crippen LogP contribution is -2.36. The van der Waals surface area contributed by atoms with Crippen LogP contribution in [0.25, 0.3) is 0 Å². The number of benzene rings is 1. The van der Waals surface area contributed by atoms with E-state index in [-0.39, 0.29) is 11.8 Å². The Morgan fingerprint density at radius 1 is 1.21 bits per heavy atom. The van der Waals surface area contributed by atoms with Crippen molar-refractivity contribution in [1.29, 1.82) is 0 Å². The molecular weight excluding hydrogens is 283 g/mol. The summed E-state index contributed by atoms with van der Waals surface area (Å²) < 4.78 is 0. The van der Waals surface area contributed by atoms with Gasteiger partial charge in [-0.1, -0.05) is 29.3 Å². The molecular formula is C14H18Cl2N2O. The van der Waals surface area contributed by atoms with E-state index in [1.807, 2.05) is 18.2 Å². The third-order valence-corrected chi connectivity index (χ3v) is 4.45. The van der Waals surface area contributed by atoms with Crippen LogP contribution in [0.3, 0.4) is 0 Å². The highest BCUT2D eigenvalue weighted by Crippen LogP contribution is 2.25. The lowest BCUT2D eigenvalue weighted by molar-refractivity contribution is -0.122. The van der Waals surface area contributed by atoms with Gasteiger partial charge in [0.25, 0.3) is 0 Å². The SMILES string of the molecule is NC(=O)C1CCC(NCc2ccc(Cl)c(Cl)c2)CC1. The van der Waals surface area contributed by atoms with Crippen LogP contribution in [0.15, 0.2) is 18.2 Å². The Hall–Kier alpha value is -0.770. The average molecular weight is 301 g/mol. The highest BCUT2D eigenvalue weighted by molar-refractivity contribution is 6.42. The van der Waals surface area contributed by atoms with Crippen molar-refractivity contribution in [2.24, 2.45) is 11.7 Å². The Bertz CT molecular complexity index is 457. The number of halogens is 2. The van der Waals surface area contributed by atoms with Crippen molar-refractivity contribution in [1.82, 2.24) is 5.32 Å². The minimum atomic E-state index is -0.164. The maximum Gasteiger partial charge on any atom is 0.220 e. The summed E-state index contributed by atoms with van der Waals surface area (Å²) in [6, 6.07) is 6.11. The van der Waals surface area contributed by atoms with Crippen LogP contribution < -0.4 is 11.1 Å². The predicted molar refractivity (Wildman–Crippen MR) is 78.2 cm³/mol. The van der Waals surface area contributed by atoms with Crippen molar-refractivity contribution < 1.29 is 4.79 Å². The molecule has 19 heavy (non-hydrogen) atoms. The molecule has 0 unspecified atom stereocenters. The monoisotopic (exact) mass is 300 g/mol. The summed E-state index contributed by atoms with van der Waals surface area (Å²) in [5, 5.41) is 4.65. The zero-order valence-corrected chi connectivity index (χ0v) is 12.2. The van der Waals surface area contributed by atoms with Crippen LogP contribution in [0.4, 0.5) is 0 Å². The lowest BCUT2D eigenvalue weighted by atomic mass is 9.85. The van der Waals surface area contributed by atoms with Gasteiger partial charge >= 0.3 is 0 Å². The Balaban J connectivity index is 1.80. The number of carbonyl (C=O) groups excluding carboxylic acids is 1. The molecule has 1 amide bonds. The van der Waals surface area contributed by atoms with Crippen molar-refractivity contribution in [2.45, 2.75) is 38.3 Å². The highest BCUT2D eigenvalue weighted by Gasteiger charge is 2.24. The molecule has 0 heterocycles. The third-order valence-electron chi connectivity index (χ3n) is 3.71. The fraction of sp³-hybridized carbons (Fsp3) is 0.500. The molecule has 0 spiro atoms. The van der Waals surface area contributed by atoms with Gasteiger partial charge in [-0.3, -0.25) is 4.79 Å². The Kier molecular flexibility index (Phi) is 5.08. The number of primary amides is 1. The largest absolute Gasteiger partial charge is 0.369 e. The molecule has 0 aliphatic heterocycles. The molecule has 1 aromatic rings. The van der Waals surface area contributed by atoms with Gasteiger partial charge in [0.2, 0.25) is 5.91 Å². The van der Waals surface area contributed by atoms with Crippen molar-refractivity contribution in [3.8, 4) is 0 Å². The molecule has 1 aliphatic carbocycles. The third kappa shape index (κ3) is 4.10. The second-order valence-corrected chi connectivity index (χ2v) is 5.89. The van der Waals surface area contributed by atoms with Gasteiger partial charge in [-0.25, -0.2) is 0 Å². The molecule has 1 aliphatic rings. The van der Waals surface area contributed by atoms with Gasteiger partial charge < -0.3 is 11.1 Å². The zero-order valence-electron chi connectivity index (χ0n) is 10.7. The molecule has 3 N–H and O–H groups in total. The van der Waals surface area contributed by atoms with Gasteiger partial charge in [0.05, 0.1) is 10.0 Å². The topological polar surface area (TPSA) is 55.1 Å². The molecule has 5 heteroatoms. The molecule has 2 rings (SSSR count). The Labute approximate surface area is 123 Å². The van der Waals surface area contributed by atoms with Crippen LogP contribution in [-0.4, -0.2) is 11.9 Å². The number of nitrogens with one attached hydrogen (secondary N) is 1. The summed E-state index contributed by atoms with van der Waals surface area (Å²) in [6.45, 7) is 0.767. The van der Waals surface area contributed by atoms with Gasteiger partial charge in [0, 0.05) is 18.5 Å². The van der Waals surface area contributed by atoms with Crippen molar-refractivity contribution in [3.05, 3.63) is 33.8 Å². The second-order valence-electron chi connectivity index (χ2n) is 5.08. The van der Waals surface area contributed by atoms with Crippen LogP contribution in [0, 0.1) is 5.92 Å². The van der Waals surface area contributed by atoms with E-state index in [0.717, 1.165) is 37.8 Å². The lowest BCUT2D eigenvalue weighted by Gasteiger charge is -2.27. The molecule has 0 atom stereocenters. The van der Waals surface area contributed by atoms with Crippen molar-refractivity contribution in [3.63, 3.8) is 0 Å². The van der Waals surface area contributed by atoms with E-state index >= 15 is 0 Å². The zero-order chi connectivity index (χ0) is 13.8. The predicted octanol–water partition coefficient (Wildman–Crippen LogP) is 3.13. The molecule has 0 bridgehead atoms. The van der Waals surface area contributed by atoms with E-state index in [1.165, 1.54) is 0 Å². The summed E-state index contributed by atoms with van der Waals surface area (Å²) in [5.41, 5.74) is 6.44. The van der Waals surface area contributed by atoms with E-state index in [9.17, 15) is 4.79 Å². The van der Waals surface area contributed by atoms with E-state index in [4.69, 9.17) is 28.9 Å². The van der Waals surface area contributed by atoms with Crippen LogP contribution >= 0.6 is 23.2 Å². The van der Waals surface area contributed by atoms with E-state index < -0.39 is 0 Å². The molecule has 1 aromatic carbocycles. The summed E-state index contributed by atoms with van der Waals surface area (Å²) >= 11 is 11.9. The fourth-order valence-corrected chi connectivity index (χ4v) is 2.81. The maximum atomic E-state index is 11.1. The quantitative estimate of drug-likeness (QED) is 0.897. The minimum Gasteiger partial charge on any atom is -0.369 e. The summed E-state index contributed by atoms with van der Waals surface area (Å²) in [5.74, 6) is -0.106. The minimum absolute atomic E-state index is 0.0584. The van der Waals surface area contributed by atoms with Crippen molar-refractivity contribution in [2.75, 3.05) is 0 Å². The summed E-state index contributed by atoms with van der Waals surface area (Å²) in [7, 11) is 0. The van der Waals surface area contributed by atoms with Gasteiger partial charge in [0.1, 0.15) is 0 Å². The van der Waals surface area contributed by atoms with E-state index in [2.05, 4.69) is 5.32 Å². The summed E-state index contributed by atoms with van der Waals surface area (Å²) in [6.07, 6.45) is 3.76. The van der Waals surface area contributed by atoms with Crippen molar-refractivity contribution >= 4 is 29.1 Å². The van der Waals surface area contributed by atoms with Gasteiger partial charge in [-0.05, 0) is 43.4 Å². The smallest absolute Gasteiger partial charge is 0.220 e. The number of rotatable bonds is 4. The van der Waals surface area contributed by atoms with Gasteiger partial charge in [0.15, 0.2) is 0 Å². The molecule has 1 saturated carbocycles. The molecule has 0 saturated heterocycles.